The summed E-state index contributed by atoms with van der Waals surface area (Å²) in [6.07, 6.45) is 3.72. The first-order valence-corrected chi connectivity index (χ1v) is 3.14. The van der Waals surface area contributed by atoms with Gasteiger partial charge in [0.25, 0.3) is 0 Å². The summed E-state index contributed by atoms with van der Waals surface area (Å²) in [5.41, 5.74) is 0.888. The van der Waals surface area contributed by atoms with Crippen LogP contribution in [0.15, 0.2) is 23.8 Å². The first-order valence-electron chi connectivity index (χ1n) is 3.14. The highest BCUT2D eigenvalue weighted by atomic mass is 19.1. The third kappa shape index (κ3) is 1.24. The molecule has 0 fully saturated rings. The molecule has 10 heavy (non-hydrogen) atoms. The van der Waals surface area contributed by atoms with Gasteiger partial charge in [-0.1, -0.05) is 17.7 Å². The Morgan fingerprint density at radius 1 is 1.70 bits per heavy atom. The lowest BCUT2D eigenvalue weighted by molar-refractivity contribution is 0.357. The van der Waals surface area contributed by atoms with Crippen LogP contribution < -0.4 is 0 Å². The van der Waals surface area contributed by atoms with Crippen LogP contribution in [0.1, 0.15) is 6.92 Å². The second-order valence-corrected chi connectivity index (χ2v) is 2.37. The van der Waals surface area contributed by atoms with Crippen molar-refractivity contribution in [2.24, 2.45) is 5.92 Å². The molecule has 0 saturated carbocycles. The van der Waals surface area contributed by atoms with E-state index >= 15 is 0 Å². The summed E-state index contributed by atoms with van der Waals surface area (Å²) < 4.78 is 12.7. The Morgan fingerprint density at radius 3 is 2.90 bits per heavy atom. The van der Waals surface area contributed by atoms with Crippen LogP contribution in [0.3, 0.4) is 0 Å². The summed E-state index contributed by atoms with van der Waals surface area (Å²) in [5, 5.41) is 8.38. The van der Waals surface area contributed by atoms with Gasteiger partial charge in [0.05, 0.1) is 12.0 Å². The summed E-state index contributed by atoms with van der Waals surface area (Å²) >= 11 is 0. The molecule has 1 nitrogen and oxygen atoms in total. The van der Waals surface area contributed by atoms with Gasteiger partial charge in [0, 0.05) is 0 Å². The molecule has 1 aliphatic carbocycles. The van der Waals surface area contributed by atoms with Gasteiger partial charge in [-0.3, -0.25) is 0 Å². The van der Waals surface area contributed by atoms with E-state index in [1.165, 1.54) is 6.08 Å². The molecule has 0 spiro atoms. The number of hydrogen-bond acceptors (Lipinski definition) is 1. The highest BCUT2D eigenvalue weighted by Gasteiger charge is 2.17. The molecule has 0 heterocycles. The van der Waals surface area contributed by atoms with Gasteiger partial charge in [-0.25, -0.2) is 4.39 Å². The molecule has 0 bridgehead atoms. The van der Waals surface area contributed by atoms with Crippen molar-refractivity contribution in [3.8, 4) is 6.07 Å². The summed E-state index contributed by atoms with van der Waals surface area (Å²) in [6, 6.07) is 1.87. The van der Waals surface area contributed by atoms with Gasteiger partial charge in [0.2, 0.25) is 0 Å². The molecular formula is C8H8FN. The van der Waals surface area contributed by atoms with Crippen LogP contribution in [0.25, 0.3) is 0 Å². The Labute approximate surface area is 59.5 Å². The van der Waals surface area contributed by atoms with E-state index in [9.17, 15) is 4.39 Å². The van der Waals surface area contributed by atoms with Gasteiger partial charge in [0.15, 0.2) is 0 Å². The normalized spacial score (nSPS) is 31.1. The molecular weight excluding hydrogens is 129 g/mol. The average Bonchev–Trinajstić information content (AvgIpc) is 1.88. The highest BCUT2D eigenvalue weighted by Crippen LogP contribution is 2.18. The van der Waals surface area contributed by atoms with Crippen molar-refractivity contribution < 1.29 is 4.39 Å². The molecule has 2 heteroatoms. The molecule has 0 aromatic rings. The maximum absolute atomic E-state index is 12.7. The van der Waals surface area contributed by atoms with Crippen molar-refractivity contribution in [3.63, 3.8) is 0 Å². The van der Waals surface area contributed by atoms with Crippen LogP contribution in [-0.4, -0.2) is 6.17 Å². The molecule has 0 aliphatic heterocycles. The van der Waals surface area contributed by atoms with E-state index in [0.29, 0.717) is 0 Å². The van der Waals surface area contributed by atoms with Gasteiger partial charge < -0.3 is 0 Å². The lowest BCUT2D eigenvalue weighted by atomic mass is 9.97. The van der Waals surface area contributed by atoms with Gasteiger partial charge in [-0.15, -0.1) is 0 Å². The minimum Gasteiger partial charge on any atom is -0.241 e. The van der Waals surface area contributed by atoms with E-state index in [1.807, 2.05) is 13.0 Å². The number of hydrogen-bond donors (Lipinski definition) is 0. The van der Waals surface area contributed by atoms with Crippen molar-refractivity contribution in [2.45, 2.75) is 13.1 Å². The molecule has 1 rings (SSSR count). The number of nitriles is 1. The molecule has 0 N–H and O–H groups in total. The van der Waals surface area contributed by atoms with Crippen LogP contribution in [0.5, 0.6) is 0 Å². The Balaban J connectivity index is 2.76. The molecule has 52 valence electrons. The minimum atomic E-state index is -1.12. The Hall–Kier alpha value is -1.10. The summed E-state index contributed by atoms with van der Waals surface area (Å²) in [6.45, 7) is 1.82. The zero-order chi connectivity index (χ0) is 7.56. The number of allylic oxidation sites excluding steroid dienone is 4. The largest absolute Gasteiger partial charge is 0.241 e. The predicted molar refractivity (Wildman–Crippen MR) is 36.9 cm³/mol. The second-order valence-electron chi connectivity index (χ2n) is 2.37. The average molecular weight is 137 g/mol. The molecule has 0 radical (unpaired) electrons. The topological polar surface area (TPSA) is 23.8 Å². The van der Waals surface area contributed by atoms with Crippen molar-refractivity contribution in [2.75, 3.05) is 0 Å². The minimum absolute atomic E-state index is 0.580. The first kappa shape index (κ1) is 7.01. The van der Waals surface area contributed by atoms with E-state index in [4.69, 9.17) is 5.26 Å². The van der Waals surface area contributed by atoms with Crippen LogP contribution in [0.4, 0.5) is 4.39 Å². The lowest BCUT2D eigenvalue weighted by Gasteiger charge is -2.10. The molecule has 1 aliphatic rings. The van der Waals surface area contributed by atoms with Crippen molar-refractivity contribution in [1.29, 1.82) is 5.26 Å². The molecule has 0 amide bonds. The van der Waals surface area contributed by atoms with Crippen molar-refractivity contribution in [1.82, 2.24) is 0 Å². The van der Waals surface area contributed by atoms with Crippen LogP contribution in [-0.2, 0) is 0 Å². The Kier molecular flexibility index (Phi) is 1.86. The van der Waals surface area contributed by atoms with Gasteiger partial charge >= 0.3 is 0 Å². The van der Waals surface area contributed by atoms with Crippen molar-refractivity contribution in [3.05, 3.63) is 23.8 Å². The molecule has 0 aromatic heterocycles. The maximum Gasteiger partial charge on any atom is 0.138 e. The van der Waals surface area contributed by atoms with E-state index in [2.05, 4.69) is 0 Å². The molecule has 1 unspecified atom stereocenters. The van der Waals surface area contributed by atoms with Gasteiger partial charge in [0.1, 0.15) is 6.17 Å². The number of nitrogens with zero attached hydrogens (tertiary/aromatic N) is 1. The van der Waals surface area contributed by atoms with Gasteiger partial charge in [-0.2, -0.15) is 5.26 Å². The first-order chi connectivity index (χ1) is 4.74. The number of halogens is 1. The smallest absolute Gasteiger partial charge is 0.138 e. The van der Waals surface area contributed by atoms with Crippen LogP contribution in [0.2, 0.25) is 0 Å². The molecule has 0 aromatic carbocycles. The fourth-order valence-electron chi connectivity index (χ4n) is 0.886. The molecule has 0 saturated heterocycles. The van der Waals surface area contributed by atoms with E-state index in [0.717, 1.165) is 5.57 Å². The van der Waals surface area contributed by atoms with E-state index < -0.39 is 12.1 Å². The van der Waals surface area contributed by atoms with E-state index in [1.54, 1.807) is 12.2 Å². The zero-order valence-electron chi connectivity index (χ0n) is 5.71. The summed E-state index contributed by atoms with van der Waals surface area (Å²) in [7, 11) is 0. The SMILES string of the molecule is CC1=CC(F)[C@H](C#N)C=C1. The predicted octanol–water partition coefficient (Wildman–Crippen LogP) is 1.98. The Bertz CT molecular complexity index is 222. The summed E-state index contributed by atoms with van der Waals surface area (Å²) in [5.74, 6) is -0.580. The van der Waals surface area contributed by atoms with Crippen LogP contribution >= 0.6 is 0 Å². The standard InChI is InChI=1S/C8H8FN/c1-6-2-3-7(5-10)8(9)4-6/h2-4,7-8H,1H3/t7-,8?/m0/s1. The third-order valence-electron chi connectivity index (χ3n) is 1.48. The maximum atomic E-state index is 12.7. The van der Waals surface area contributed by atoms with Gasteiger partial charge in [-0.05, 0) is 13.0 Å². The monoisotopic (exact) mass is 137 g/mol. The fraction of sp³-hybridized carbons (Fsp3) is 0.375. The Morgan fingerprint density at radius 2 is 2.40 bits per heavy atom. The number of rotatable bonds is 0. The van der Waals surface area contributed by atoms with Crippen LogP contribution in [0, 0.1) is 17.2 Å². The highest BCUT2D eigenvalue weighted by molar-refractivity contribution is 5.27. The summed E-state index contributed by atoms with van der Waals surface area (Å²) in [4.78, 5) is 0. The lowest BCUT2D eigenvalue weighted by Crippen LogP contribution is -2.11. The van der Waals surface area contributed by atoms with Crippen molar-refractivity contribution >= 4 is 0 Å². The fourth-order valence-corrected chi connectivity index (χ4v) is 0.886. The quantitative estimate of drug-likeness (QED) is 0.500. The third-order valence-corrected chi connectivity index (χ3v) is 1.48. The molecule has 2 atom stereocenters. The second kappa shape index (κ2) is 2.66. The number of alkyl halides is 1. The zero-order valence-corrected chi connectivity index (χ0v) is 5.71. The van der Waals surface area contributed by atoms with E-state index in [-0.39, 0.29) is 0 Å².